The van der Waals surface area contributed by atoms with E-state index in [1.807, 2.05) is 0 Å². The fraction of sp³-hybridized carbons (Fsp3) is 0.824. The molecule has 4 fully saturated rings. The first-order valence-corrected chi connectivity index (χ1v) is 8.07. The van der Waals surface area contributed by atoms with Gasteiger partial charge in [-0.3, -0.25) is 0 Å². The molecule has 5 aliphatic rings. The lowest BCUT2D eigenvalue weighted by atomic mass is 9.66. The Morgan fingerprint density at radius 1 is 1.20 bits per heavy atom. The monoisotopic (exact) mass is 274 g/mol. The third-order valence-corrected chi connectivity index (χ3v) is 7.26. The molecule has 3 saturated carbocycles. The maximum absolute atomic E-state index is 11.7. The first kappa shape index (κ1) is 11.8. The highest BCUT2D eigenvalue weighted by molar-refractivity contribution is 5.79. The van der Waals surface area contributed by atoms with Gasteiger partial charge < -0.3 is 9.47 Å². The second-order valence-electron chi connectivity index (χ2n) is 7.81. The van der Waals surface area contributed by atoms with Gasteiger partial charge in [-0.1, -0.05) is 12.2 Å². The Kier molecular flexibility index (Phi) is 2.06. The van der Waals surface area contributed by atoms with Gasteiger partial charge in [-0.05, 0) is 67.6 Å². The van der Waals surface area contributed by atoms with Gasteiger partial charge >= 0.3 is 5.97 Å². The second kappa shape index (κ2) is 3.49. The molecule has 0 amide bonds. The molecule has 3 nitrogen and oxygen atoms in total. The van der Waals surface area contributed by atoms with Crippen molar-refractivity contribution in [3.05, 3.63) is 12.2 Å². The maximum atomic E-state index is 11.7. The molecule has 4 aliphatic carbocycles. The fourth-order valence-corrected chi connectivity index (χ4v) is 6.57. The minimum absolute atomic E-state index is 0.181. The molecule has 9 unspecified atom stereocenters. The topological polar surface area (TPSA) is 38.8 Å². The average molecular weight is 274 g/mol. The SMILES string of the molecule is COC(=O)C1OC1(C)C1CC2CC1C1C3C=CC(C3)C21. The van der Waals surface area contributed by atoms with Crippen molar-refractivity contribution in [2.75, 3.05) is 7.11 Å². The van der Waals surface area contributed by atoms with Gasteiger partial charge in [0.1, 0.15) is 5.60 Å². The van der Waals surface area contributed by atoms with Crippen molar-refractivity contribution in [2.24, 2.45) is 41.4 Å². The molecule has 9 atom stereocenters. The molecular formula is C17H22O3. The van der Waals surface area contributed by atoms with Gasteiger partial charge in [0, 0.05) is 0 Å². The van der Waals surface area contributed by atoms with Crippen LogP contribution in [0.2, 0.25) is 0 Å². The van der Waals surface area contributed by atoms with Crippen molar-refractivity contribution < 1.29 is 14.3 Å². The molecule has 0 aromatic heterocycles. The normalized spacial score (nSPS) is 60.9. The smallest absolute Gasteiger partial charge is 0.338 e. The summed E-state index contributed by atoms with van der Waals surface area (Å²) in [5.74, 6) is 5.58. The van der Waals surface area contributed by atoms with Gasteiger partial charge in [-0.25, -0.2) is 4.79 Å². The van der Waals surface area contributed by atoms with Crippen LogP contribution in [0.15, 0.2) is 12.2 Å². The summed E-state index contributed by atoms with van der Waals surface area (Å²) in [4.78, 5) is 11.7. The van der Waals surface area contributed by atoms with E-state index in [0.29, 0.717) is 5.92 Å². The Balaban J connectivity index is 1.42. The molecule has 5 rings (SSSR count). The summed E-state index contributed by atoms with van der Waals surface area (Å²) in [6.45, 7) is 2.14. The zero-order chi connectivity index (χ0) is 13.6. The molecular weight excluding hydrogens is 252 g/mol. The van der Waals surface area contributed by atoms with Crippen LogP contribution in [0.4, 0.5) is 0 Å². The minimum Gasteiger partial charge on any atom is -0.467 e. The van der Waals surface area contributed by atoms with Gasteiger partial charge in [-0.2, -0.15) is 0 Å². The van der Waals surface area contributed by atoms with Gasteiger partial charge in [0.05, 0.1) is 7.11 Å². The number of carbonyl (C=O) groups is 1. The molecule has 0 spiro atoms. The third-order valence-electron chi connectivity index (χ3n) is 7.26. The molecule has 1 heterocycles. The van der Waals surface area contributed by atoms with Crippen LogP contribution in [-0.4, -0.2) is 24.8 Å². The van der Waals surface area contributed by atoms with E-state index in [1.54, 1.807) is 0 Å². The number of carbonyl (C=O) groups excluding carboxylic acids is 1. The summed E-state index contributed by atoms with van der Waals surface area (Å²) in [5, 5.41) is 0. The van der Waals surface area contributed by atoms with Gasteiger partial charge in [-0.15, -0.1) is 0 Å². The Bertz CT molecular complexity index is 512. The molecule has 3 heteroatoms. The third kappa shape index (κ3) is 1.20. The highest BCUT2D eigenvalue weighted by atomic mass is 16.7. The number of epoxide rings is 1. The first-order valence-electron chi connectivity index (χ1n) is 8.07. The fourth-order valence-electron chi connectivity index (χ4n) is 6.57. The van der Waals surface area contributed by atoms with E-state index in [4.69, 9.17) is 9.47 Å². The van der Waals surface area contributed by atoms with Crippen LogP contribution >= 0.6 is 0 Å². The van der Waals surface area contributed by atoms with E-state index in [0.717, 1.165) is 35.5 Å². The van der Waals surface area contributed by atoms with Crippen molar-refractivity contribution in [1.29, 1.82) is 0 Å². The van der Waals surface area contributed by atoms with Crippen LogP contribution in [0.1, 0.15) is 26.2 Å². The predicted molar refractivity (Wildman–Crippen MR) is 72.7 cm³/mol. The Morgan fingerprint density at radius 2 is 1.95 bits per heavy atom. The number of methoxy groups -OCH3 is 1. The lowest BCUT2D eigenvalue weighted by Gasteiger charge is -2.38. The quantitative estimate of drug-likeness (QED) is 0.336. The second-order valence-corrected chi connectivity index (χ2v) is 7.81. The van der Waals surface area contributed by atoms with Crippen molar-refractivity contribution in [3.8, 4) is 0 Å². The molecule has 0 N–H and O–H groups in total. The molecule has 0 aromatic rings. The number of hydrogen-bond acceptors (Lipinski definition) is 3. The number of allylic oxidation sites excluding steroid dienone is 2. The largest absolute Gasteiger partial charge is 0.467 e. The van der Waals surface area contributed by atoms with Gasteiger partial charge in [0.25, 0.3) is 0 Å². The van der Waals surface area contributed by atoms with Crippen LogP contribution in [-0.2, 0) is 14.3 Å². The molecule has 4 bridgehead atoms. The van der Waals surface area contributed by atoms with E-state index in [9.17, 15) is 4.79 Å². The number of fused-ring (bicyclic) bond motifs is 9. The van der Waals surface area contributed by atoms with Crippen molar-refractivity contribution >= 4 is 5.97 Å². The lowest BCUT2D eigenvalue weighted by Crippen LogP contribution is -2.39. The minimum atomic E-state index is -0.301. The van der Waals surface area contributed by atoms with Gasteiger partial charge in [0.2, 0.25) is 0 Å². The van der Waals surface area contributed by atoms with Crippen LogP contribution in [0.5, 0.6) is 0 Å². The van der Waals surface area contributed by atoms with E-state index >= 15 is 0 Å². The van der Waals surface area contributed by atoms with Crippen molar-refractivity contribution in [1.82, 2.24) is 0 Å². The summed E-state index contributed by atoms with van der Waals surface area (Å²) in [7, 11) is 1.46. The molecule has 108 valence electrons. The highest BCUT2D eigenvalue weighted by Crippen LogP contribution is 2.70. The zero-order valence-electron chi connectivity index (χ0n) is 12.1. The maximum Gasteiger partial charge on any atom is 0.338 e. The number of esters is 1. The lowest BCUT2D eigenvalue weighted by molar-refractivity contribution is -0.142. The van der Waals surface area contributed by atoms with E-state index < -0.39 is 0 Å². The number of ether oxygens (including phenoxy) is 2. The van der Waals surface area contributed by atoms with E-state index in [1.165, 1.54) is 26.4 Å². The summed E-state index contributed by atoms with van der Waals surface area (Å²) >= 11 is 0. The Morgan fingerprint density at radius 3 is 2.70 bits per heavy atom. The zero-order valence-corrected chi connectivity index (χ0v) is 12.1. The van der Waals surface area contributed by atoms with E-state index in [2.05, 4.69) is 19.1 Å². The summed E-state index contributed by atoms with van der Waals surface area (Å²) in [5.41, 5.74) is -0.233. The molecule has 20 heavy (non-hydrogen) atoms. The average Bonchev–Trinajstić information content (AvgIpc) is 3.00. The first-order chi connectivity index (χ1) is 9.63. The van der Waals surface area contributed by atoms with Crippen LogP contribution in [0, 0.1) is 41.4 Å². The molecule has 0 aromatic carbocycles. The van der Waals surface area contributed by atoms with Gasteiger partial charge in [0.15, 0.2) is 6.10 Å². The van der Waals surface area contributed by atoms with Crippen LogP contribution in [0.3, 0.4) is 0 Å². The Labute approximate surface area is 119 Å². The number of hydrogen-bond donors (Lipinski definition) is 0. The predicted octanol–water partition coefficient (Wildman–Crippen LogP) is 2.41. The summed E-state index contributed by atoms with van der Waals surface area (Å²) in [6.07, 6.45) is 8.69. The summed E-state index contributed by atoms with van der Waals surface area (Å²) < 4.78 is 10.7. The number of rotatable bonds is 2. The van der Waals surface area contributed by atoms with E-state index in [-0.39, 0.29) is 17.7 Å². The van der Waals surface area contributed by atoms with Crippen molar-refractivity contribution in [2.45, 2.75) is 37.9 Å². The van der Waals surface area contributed by atoms with Crippen molar-refractivity contribution in [3.63, 3.8) is 0 Å². The van der Waals surface area contributed by atoms with Crippen LogP contribution < -0.4 is 0 Å². The van der Waals surface area contributed by atoms with Crippen LogP contribution in [0.25, 0.3) is 0 Å². The standard InChI is InChI=1S/C17H22O3/c1-17(15(20-17)16(18)19-2)12-7-10-6-11(12)14-9-4-3-8(5-9)13(10)14/h3-4,8-15H,5-7H2,1-2H3. The highest BCUT2D eigenvalue weighted by Gasteiger charge is 2.71. The molecule has 1 aliphatic heterocycles. The summed E-state index contributed by atoms with van der Waals surface area (Å²) in [6, 6.07) is 0. The molecule has 0 radical (unpaired) electrons. The Hall–Kier alpha value is -0.830. The molecule has 1 saturated heterocycles.